The number of Topliss-reactive ketones (excluding diaryl/α,β-unsaturated/α-hetero) is 1. The van der Waals surface area contributed by atoms with Crippen molar-refractivity contribution in [3.05, 3.63) is 64.5 Å². The zero-order valence-electron chi connectivity index (χ0n) is 18.2. The van der Waals surface area contributed by atoms with Crippen LogP contribution in [0.1, 0.15) is 71.4 Å². The molecule has 1 amide bonds. The summed E-state index contributed by atoms with van der Waals surface area (Å²) in [5, 5.41) is 17.8. The third-order valence-electron chi connectivity index (χ3n) is 5.93. The normalized spacial score (nSPS) is 14.7. The molecule has 0 atom stereocenters. The van der Waals surface area contributed by atoms with Gasteiger partial charge in [0.1, 0.15) is 11.5 Å². The standard InChI is InChI=1S/C24H28N4O3.BrH/c1-2-3-12-27(24(30)31)13-16-4-6-18(7-5-16)21(29)15-28-14-19-10-11-20(17-8-9-17)26-22(19)23(28)25;/h4-7,10-11,17,25H,2-3,8-9,12-15H2,1H3,(H,30,31);1H. The Morgan fingerprint density at radius 3 is 2.53 bits per heavy atom. The van der Waals surface area contributed by atoms with Crippen LogP contribution in [0.5, 0.6) is 0 Å². The minimum Gasteiger partial charge on any atom is -0.465 e. The molecular weight excluding hydrogens is 472 g/mol. The lowest BCUT2D eigenvalue weighted by Crippen LogP contribution is -2.31. The Morgan fingerprint density at radius 2 is 1.91 bits per heavy atom. The largest absolute Gasteiger partial charge is 0.465 e. The number of nitrogens with zero attached hydrogens (tertiary/aromatic N) is 3. The summed E-state index contributed by atoms with van der Waals surface area (Å²) < 4.78 is 0. The minimum absolute atomic E-state index is 0. The Morgan fingerprint density at radius 1 is 1.19 bits per heavy atom. The van der Waals surface area contributed by atoms with Gasteiger partial charge >= 0.3 is 6.09 Å². The number of nitrogens with one attached hydrogen (secondary N) is 1. The molecule has 2 aromatic rings. The second-order valence-electron chi connectivity index (χ2n) is 8.40. The summed E-state index contributed by atoms with van der Waals surface area (Å²) in [4.78, 5) is 32.0. The first-order chi connectivity index (χ1) is 15.0. The van der Waals surface area contributed by atoms with E-state index in [1.165, 1.54) is 17.7 Å². The van der Waals surface area contributed by atoms with Gasteiger partial charge in [-0.2, -0.15) is 0 Å². The number of amidine groups is 1. The van der Waals surface area contributed by atoms with Gasteiger partial charge in [-0.25, -0.2) is 9.78 Å². The molecule has 1 aromatic heterocycles. The predicted octanol–water partition coefficient (Wildman–Crippen LogP) is 4.84. The molecule has 7 nitrogen and oxygen atoms in total. The van der Waals surface area contributed by atoms with Gasteiger partial charge in [0, 0.05) is 42.4 Å². The van der Waals surface area contributed by atoms with Crippen molar-refractivity contribution in [2.75, 3.05) is 13.1 Å². The summed E-state index contributed by atoms with van der Waals surface area (Å²) in [6.45, 7) is 3.50. The van der Waals surface area contributed by atoms with Crippen LogP contribution in [-0.2, 0) is 13.1 Å². The average molecular weight is 501 g/mol. The van der Waals surface area contributed by atoms with Crippen LogP contribution in [0.3, 0.4) is 0 Å². The first kappa shape index (κ1) is 23.9. The second kappa shape index (κ2) is 10.3. The molecule has 2 aliphatic rings. The minimum atomic E-state index is -0.931. The van der Waals surface area contributed by atoms with Crippen LogP contribution in [0.25, 0.3) is 0 Å². The Labute approximate surface area is 198 Å². The predicted molar refractivity (Wildman–Crippen MR) is 128 cm³/mol. The van der Waals surface area contributed by atoms with Crippen LogP contribution in [0.15, 0.2) is 36.4 Å². The summed E-state index contributed by atoms with van der Waals surface area (Å²) in [6.07, 6.45) is 3.16. The highest BCUT2D eigenvalue weighted by atomic mass is 79.9. The number of ketones is 1. The number of carboxylic acid groups (broad SMARTS) is 1. The van der Waals surface area contributed by atoms with Crippen LogP contribution in [0, 0.1) is 5.41 Å². The fourth-order valence-electron chi connectivity index (χ4n) is 3.88. The number of pyridine rings is 1. The molecule has 8 heteroatoms. The number of hydrogen-bond acceptors (Lipinski definition) is 4. The molecule has 1 aliphatic heterocycles. The fourth-order valence-corrected chi connectivity index (χ4v) is 3.88. The van der Waals surface area contributed by atoms with E-state index in [9.17, 15) is 14.7 Å². The summed E-state index contributed by atoms with van der Waals surface area (Å²) in [5.41, 5.74) is 4.18. The van der Waals surface area contributed by atoms with Crippen molar-refractivity contribution in [2.45, 2.75) is 51.6 Å². The smallest absolute Gasteiger partial charge is 0.407 e. The molecule has 0 radical (unpaired) electrons. The Hall–Kier alpha value is -2.74. The lowest BCUT2D eigenvalue weighted by molar-refractivity contribution is 0.0962. The number of carbonyl (C=O) groups is 2. The average Bonchev–Trinajstić information content (AvgIpc) is 3.57. The van der Waals surface area contributed by atoms with Gasteiger partial charge in [-0.1, -0.05) is 43.7 Å². The number of carbonyl (C=O) groups excluding carboxylic acids is 1. The Balaban J connectivity index is 0.00000289. The first-order valence-electron chi connectivity index (χ1n) is 10.9. The van der Waals surface area contributed by atoms with Crippen LogP contribution in [0.2, 0.25) is 0 Å². The quantitative estimate of drug-likeness (QED) is 0.480. The third-order valence-corrected chi connectivity index (χ3v) is 5.93. The molecule has 1 fully saturated rings. The molecule has 170 valence electrons. The topological polar surface area (TPSA) is 97.6 Å². The van der Waals surface area contributed by atoms with E-state index in [-0.39, 0.29) is 29.3 Å². The van der Waals surface area contributed by atoms with Gasteiger partial charge in [0.2, 0.25) is 0 Å². The summed E-state index contributed by atoms with van der Waals surface area (Å²) in [7, 11) is 0. The van der Waals surface area contributed by atoms with Gasteiger partial charge in [-0.3, -0.25) is 10.2 Å². The van der Waals surface area contributed by atoms with E-state index >= 15 is 0 Å². The number of benzene rings is 1. The molecule has 0 bridgehead atoms. The summed E-state index contributed by atoms with van der Waals surface area (Å²) >= 11 is 0. The summed E-state index contributed by atoms with van der Waals surface area (Å²) in [5.74, 6) is 0.786. The van der Waals surface area contributed by atoms with Crippen molar-refractivity contribution in [1.29, 1.82) is 5.41 Å². The number of halogens is 1. The Bertz CT molecular complexity index is 1000. The number of unbranched alkanes of at least 4 members (excludes halogenated alkanes) is 1. The van der Waals surface area contributed by atoms with Crippen LogP contribution in [0.4, 0.5) is 4.79 Å². The SMILES string of the molecule is Br.CCCCN(Cc1ccc(C(=O)CN2Cc3ccc(C4CC4)nc3C2=N)cc1)C(=O)O. The van der Waals surface area contributed by atoms with Gasteiger partial charge in [0.25, 0.3) is 0 Å². The van der Waals surface area contributed by atoms with E-state index in [0.717, 1.165) is 29.7 Å². The van der Waals surface area contributed by atoms with Crippen molar-refractivity contribution >= 4 is 34.7 Å². The van der Waals surface area contributed by atoms with Crippen LogP contribution in [-0.4, -0.2) is 50.7 Å². The van der Waals surface area contributed by atoms with Gasteiger partial charge in [0.05, 0.1) is 6.54 Å². The monoisotopic (exact) mass is 500 g/mol. The lowest BCUT2D eigenvalue weighted by atomic mass is 10.1. The van der Waals surface area contributed by atoms with E-state index < -0.39 is 6.09 Å². The third kappa shape index (κ3) is 5.35. The van der Waals surface area contributed by atoms with Crippen molar-refractivity contribution in [3.8, 4) is 0 Å². The Kier molecular flexibility index (Phi) is 7.66. The van der Waals surface area contributed by atoms with Crippen molar-refractivity contribution in [2.24, 2.45) is 0 Å². The molecule has 2 N–H and O–H groups in total. The number of fused-ring (bicyclic) bond motifs is 1. The highest BCUT2D eigenvalue weighted by Crippen LogP contribution is 2.39. The molecule has 0 unspecified atom stereocenters. The lowest BCUT2D eigenvalue weighted by Gasteiger charge is -2.19. The van der Waals surface area contributed by atoms with Crippen LogP contribution >= 0.6 is 17.0 Å². The van der Waals surface area contributed by atoms with E-state index in [4.69, 9.17) is 5.41 Å². The maximum atomic E-state index is 12.8. The van der Waals surface area contributed by atoms with Crippen molar-refractivity contribution < 1.29 is 14.7 Å². The van der Waals surface area contributed by atoms with Crippen molar-refractivity contribution in [3.63, 3.8) is 0 Å². The zero-order valence-corrected chi connectivity index (χ0v) is 19.9. The molecule has 1 saturated carbocycles. The van der Waals surface area contributed by atoms with E-state index in [1.54, 1.807) is 17.0 Å². The fraction of sp³-hybridized carbons (Fsp3) is 0.417. The molecule has 32 heavy (non-hydrogen) atoms. The highest BCUT2D eigenvalue weighted by Gasteiger charge is 2.31. The van der Waals surface area contributed by atoms with Gasteiger partial charge < -0.3 is 14.9 Å². The van der Waals surface area contributed by atoms with E-state index in [1.807, 2.05) is 25.1 Å². The number of amides is 1. The number of rotatable bonds is 9. The molecule has 1 aliphatic carbocycles. The molecule has 0 saturated heterocycles. The van der Waals surface area contributed by atoms with Gasteiger partial charge in [-0.05, 0) is 30.9 Å². The van der Waals surface area contributed by atoms with Gasteiger partial charge in [0.15, 0.2) is 5.78 Å². The number of aromatic nitrogens is 1. The zero-order chi connectivity index (χ0) is 22.0. The van der Waals surface area contributed by atoms with E-state index in [0.29, 0.717) is 42.6 Å². The summed E-state index contributed by atoms with van der Waals surface area (Å²) in [6, 6.07) is 11.2. The van der Waals surface area contributed by atoms with E-state index in [2.05, 4.69) is 11.1 Å². The molecule has 4 rings (SSSR count). The highest BCUT2D eigenvalue weighted by molar-refractivity contribution is 8.93. The van der Waals surface area contributed by atoms with Gasteiger partial charge in [-0.15, -0.1) is 17.0 Å². The first-order valence-corrected chi connectivity index (χ1v) is 10.9. The maximum Gasteiger partial charge on any atom is 0.407 e. The van der Waals surface area contributed by atoms with Crippen molar-refractivity contribution in [1.82, 2.24) is 14.8 Å². The molecule has 1 aromatic carbocycles. The molecular formula is C24H29BrN4O3. The number of hydrogen-bond donors (Lipinski definition) is 2. The molecule has 2 heterocycles. The second-order valence-corrected chi connectivity index (χ2v) is 8.40. The molecule has 0 spiro atoms. The maximum absolute atomic E-state index is 12.8. The van der Waals surface area contributed by atoms with Crippen LogP contribution < -0.4 is 0 Å².